The van der Waals surface area contributed by atoms with Crippen molar-refractivity contribution in [1.82, 2.24) is 0 Å². The van der Waals surface area contributed by atoms with Crippen molar-refractivity contribution < 1.29 is 19.4 Å². The second-order valence-corrected chi connectivity index (χ2v) is 10.9. The molecule has 1 atom stereocenters. The van der Waals surface area contributed by atoms with E-state index in [-0.39, 0.29) is 16.7 Å². The second kappa shape index (κ2) is 10.4. The lowest BCUT2D eigenvalue weighted by Gasteiger charge is -2.27. The van der Waals surface area contributed by atoms with Crippen LogP contribution in [-0.4, -0.2) is 23.4 Å². The Balaban J connectivity index is 1.72. The minimum Gasteiger partial charge on any atom is -0.507 e. The molecule has 39 heavy (non-hydrogen) atoms. The molecule has 1 heterocycles. The molecule has 0 radical (unpaired) electrons. The molecule has 0 saturated carbocycles. The van der Waals surface area contributed by atoms with Crippen LogP contribution in [0.2, 0.25) is 0 Å². The van der Waals surface area contributed by atoms with E-state index in [9.17, 15) is 14.7 Å². The first kappa shape index (κ1) is 26.2. The molecule has 5 nitrogen and oxygen atoms in total. The molecule has 1 amide bonds. The lowest BCUT2D eigenvalue weighted by molar-refractivity contribution is -0.132. The maximum absolute atomic E-state index is 13.7. The number of hydrogen-bond donors (Lipinski definition) is 1. The second-order valence-electron chi connectivity index (χ2n) is 10.9. The van der Waals surface area contributed by atoms with Gasteiger partial charge in [0.05, 0.1) is 23.9 Å². The van der Waals surface area contributed by atoms with Crippen LogP contribution in [0.1, 0.15) is 56.8 Å². The maximum Gasteiger partial charge on any atom is 0.300 e. The van der Waals surface area contributed by atoms with Crippen LogP contribution in [0.15, 0.2) is 96.6 Å². The van der Waals surface area contributed by atoms with Crippen LogP contribution in [-0.2, 0) is 15.0 Å². The number of aliphatic hydroxyl groups excluding tert-OH is 1. The Bertz CT molecular complexity index is 1570. The summed E-state index contributed by atoms with van der Waals surface area (Å²) in [4.78, 5) is 28.9. The highest BCUT2D eigenvalue weighted by molar-refractivity contribution is 6.52. The normalized spacial score (nSPS) is 17.1. The third-order valence-electron chi connectivity index (χ3n) is 7.14. The molecule has 4 aromatic rings. The fourth-order valence-corrected chi connectivity index (χ4v) is 5.09. The van der Waals surface area contributed by atoms with Crippen LogP contribution < -0.4 is 9.64 Å². The largest absolute Gasteiger partial charge is 0.507 e. The van der Waals surface area contributed by atoms with Gasteiger partial charge in [0, 0.05) is 10.9 Å². The predicted octanol–water partition coefficient (Wildman–Crippen LogP) is 7.55. The summed E-state index contributed by atoms with van der Waals surface area (Å²) in [6.45, 7) is 8.96. The number of ether oxygens (including phenoxy) is 1. The zero-order chi connectivity index (χ0) is 27.7. The average Bonchev–Trinajstić information content (AvgIpc) is 3.20. The number of hydrogen-bond acceptors (Lipinski definition) is 4. The number of benzene rings is 4. The first-order valence-corrected chi connectivity index (χ1v) is 13.3. The number of nitrogens with zero attached hydrogens (tertiary/aromatic N) is 1. The number of amides is 1. The van der Waals surface area contributed by atoms with Gasteiger partial charge in [0.25, 0.3) is 11.7 Å². The first-order chi connectivity index (χ1) is 18.7. The van der Waals surface area contributed by atoms with E-state index < -0.39 is 17.7 Å². The molecule has 5 rings (SSSR count). The van der Waals surface area contributed by atoms with Gasteiger partial charge in [0.1, 0.15) is 11.5 Å². The zero-order valence-corrected chi connectivity index (χ0v) is 22.8. The number of Topliss-reactive ketones (excluding diaryl/α,β-unsaturated/α-hetero) is 1. The van der Waals surface area contributed by atoms with Crippen molar-refractivity contribution >= 4 is 33.9 Å². The number of rotatable bonds is 6. The van der Waals surface area contributed by atoms with E-state index in [4.69, 9.17) is 4.74 Å². The average molecular weight is 520 g/mol. The molecule has 1 fully saturated rings. The predicted molar refractivity (Wildman–Crippen MR) is 156 cm³/mol. The molecule has 0 aliphatic carbocycles. The highest BCUT2D eigenvalue weighted by atomic mass is 16.5. The summed E-state index contributed by atoms with van der Waals surface area (Å²) in [6.07, 6.45) is 0.844. The van der Waals surface area contributed by atoms with Crippen molar-refractivity contribution in [2.75, 3.05) is 11.5 Å². The molecule has 4 aromatic carbocycles. The monoisotopic (exact) mass is 519 g/mol. The van der Waals surface area contributed by atoms with Gasteiger partial charge in [-0.25, -0.2) is 0 Å². The molecule has 1 unspecified atom stereocenters. The van der Waals surface area contributed by atoms with E-state index in [1.165, 1.54) is 4.90 Å². The number of fused-ring (bicyclic) bond motifs is 1. The van der Waals surface area contributed by atoms with Crippen LogP contribution in [0.4, 0.5) is 5.69 Å². The summed E-state index contributed by atoms with van der Waals surface area (Å²) in [5.74, 6) is -1.01. The summed E-state index contributed by atoms with van der Waals surface area (Å²) in [6, 6.07) is 27.6. The van der Waals surface area contributed by atoms with Crippen molar-refractivity contribution in [3.05, 3.63) is 113 Å². The number of carbonyl (C=O) groups is 2. The summed E-state index contributed by atoms with van der Waals surface area (Å²) in [5, 5.41) is 13.4. The van der Waals surface area contributed by atoms with E-state index in [1.54, 1.807) is 18.2 Å². The smallest absolute Gasteiger partial charge is 0.300 e. The minimum absolute atomic E-state index is 0.0593. The number of aliphatic hydroxyl groups is 1. The fraction of sp³-hybridized carbons (Fsp3) is 0.235. The molecular formula is C34H33NO4. The Labute approximate surface area is 229 Å². The molecule has 0 bridgehead atoms. The highest BCUT2D eigenvalue weighted by Gasteiger charge is 2.47. The van der Waals surface area contributed by atoms with Crippen LogP contribution in [0.3, 0.4) is 0 Å². The van der Waals surface area contributed by atoms with E-state index in [0.717, 1.165) is 28.3 Å². The Morgan fingerprint density at radius 3 is 2.31 bits per heavy atom. The number of ketones is 1. The van der Waals surface area contributed by atoms with Gasteiger partial charge in [-0.2, -0.15) is 0 Å². The van der Waals surface area contributed by atoms with Gasteiger partial charge in [-0.15, -0.1) is 0 Å². The van der Waals surface area contributed by atoms with Crippen molar-refractivity contribution in [3.63, 3.8) is 0 Å². The Hall–Kier alpha value is -4.38. The molecule has 5 heteroatoms. The van der Waals surface area contributed by atoms with Gasteiger partial charge in [0.2, 0.25) is 0 Å². The summed E-state index contributed by atoms with van der Waals surface area (Å²) >= 11 is 0. The highest BCUT2D eigenvalue weighted by Crippen LogP contribution is 2.44. The van der Waals surface area contributed by atoms with E-state index >= 15 is 0 Å². The molecule has 1 aliphatic rings. The van der Waals surface area contributed by atoms with Crippen LogP contribution in [0, 0.1) is 0 Å². The van der Waals surface area contributed by atoms with Gasteiger partial charge >= 0.3 is 0 Å². The van der Waals surface area contributed by atoms with E-state index in [2.05, 4.69) is 20.8 Å². The van der Waals surface area contributed by atoms with Crippen molar-refractivity contribution in [3.8, 4) is 5.75 Å². The lowest BCUT2D eigenvalue weighted by Crippen LogP contribution is -2.29. The van der Waals surface area contributed by atoms with Crippen molar-refractivity contribution in [2.45, 2.75) is 45.6 Å². The minimum atomic E-state index is -0.801. The molecule has 1 N–H and O–H groups in total. The standard InChI is InChI=1S/C34H33NO4/c1-5-20-39-26-13-8-12-24(21-26)31(36)29-30(23-16-18-25(19-17-23)34(2,3)4)35(33(38)32(29)37)28-15-9-11-22-10-6-7-14-27(22)28/h6-19,21,30,36H,5,20H2,1-4H3/b31-29+. The molecular weight excluding hydrogens is 486 g/mol. The first-order valence-electron chi connectivity index (χ1n) is 13.3. The van der Waals surface area contributed by atoms with Crippen molar-refractivity contribution in [2.24, 2.45) is 0 Å². The Morgan fingerprint density at radius 2 is 1.59 bits per heavy atom. The van der Waals surface area contributed by atoms with Crippen LogP contribution >= 0.6 is 0 Å². The van der Waals surface area contributed by atoms with Gasteiger partial charge in [-0.1, -0.05) is 100 Å². The maximum atomic E-state index is 13.7. The summed E-state index contributed by atoms with van der Waals surface area (Å²) in [7, 11) is 0. The topological polar surface area (TPSA) is 66.8 Å². The SMILES string of the molecule is CCCOc1cccc(/C(O)=C2\C(=O)C(=O)N(c3cccc4ccccc34)C2c2ccc(C(C)(C)C)cc2)c1. The molecule has 0 aromatic heterocycles. The van der Waals surface area contributed by atoms with E-state index in [0.29, 0.717) is 23.6 Å². The Morgan fingerprint density at radius 1 is 0.897 bits per heavy atom. The fourth-order valence-electron chi connectivity index (χ4n) is 5.09. The quantitative estimate of drug-likeness (QED) is 0.162. The third-order valence-corrected chi connectivity index (χ3v) is 7.14. The van der Waals surface area contributed by atoms with Crippen molar-refractivity contribution in [1.29, 1.82) is 0 Å². The number of anilines is 1. The summed E-state index contributed by atoms with van der Waals surface area (Å²) in [5.41, 5.74) is 2.93. The van der Waals surface area contributed by atoms with E-state index in [1.807, 2.05) is 79.7 Å². The molecule has 1 saturated heterocycles. The number of carbonyl (C=O) groups excluding carboxylic acids is 2. The lowest BCUT2D eigenvalue weighted by atomic mass is 9.85. The van der Waals surface area contributed by atoms with Crippen LogP contribution in [0.25, 0.3) is 16.5 Å². The molecule has 1 aliphatic heterocycles. The van der Waals surface area contributed by atoms with Gasteiger partial charge < -0.3 is 9.84 Å². The molecule has 198 valence electrons. The van der Waals surface area contributed by atoms with Crippen LogP contribution in [0.5, 0.6) is 5.75 Å². The van der Waals surface area contributed by atoms with Gasteiger partial charge in [-0.3, -0.25) is 14.5 Å². The van der Waals surface area contributed by atoms with Gasteiger partial charge in [0.15, 0.2) is 0 Å². The van der Waals surface area contributed by atoms with Gasteiger partial charge in [-0.05, 0) is 46.5 Å². The zero-order valence-electron chi connectivity index (χ0n) is 22.8. The summed E-state index contributed by atoms with van der Waals surface area (Å²) < 4.78 is 5.76. The third kappa shape index (κ3) is 4.92. The molecule has 0 spiro atoms. The Kier molecular flexibility index (Phi) is 7.00.